The minimum absolute atomic E-state index is 0.153. The molecule has 0 aromatic heterocycles. The molecule has 380 valence electrons. The molecule has 6 aliphatic rings. The number of ether oxygens (including phenoxy) is 4. The highest BCUT2D eigenvalue weighted by molar-refractivity contribution is 7.03. The van der Waals surface area contributed by atoms with Gasteiger partial charge in [-0.3, -0.25) is 0 Å². The Bertz CT molecular complexity index is 4440. The maximum Gasteiger partial charge on any atom is 0.260 e. The van der Waals surface area contributed by atoms with Crippen molar-refractivity contribution in [2.24, 2.45) is 0 Å². The van der Waals surface area contributed by atoms with Crippen LogP contribution in [0.4, 0.5) is 39.8 Å². The Balaban J connectivity index is 1.05. The fourth-order valence-corrected chi connectivity index (χ4v) is 13.7. The fourth-order valence-electron chi connectivity index (χ4n) is 13.7. The monoisotopic (exact) mass is 1030 g/mol. The van der Waals surface area contributed by atoms with Crippen molar-refractivity contribution >= 4 is 109 Å². The Labute approximate surface area is 467 Å². The van der Waals surface area contributed by atoms with Crippen LogP contribution in [0.25, 0.3) is 4.85 Å². The number of nitrogens with zero attached hydrogens (tertiary/aromatic N) is 5. The van der Waals surface area contributed by atoms with Gasteiger partial charge < -0.3 is 28.7 Å². The summed E-state index contributed by atoms with van der Waals surface area (Å²) in [7, 11) is 0. The second kappa shape index (κ2) is 16.5. The van der Waals surface area contributed by atoms with Crippen LogP contribution < -0.4 is 77.9 Å². The Kier molecular flexibility index (Phi) is 9.82. The molecule has 9 aromatic rings. The molecule has 0 aliphatic carbocycles. The number of hydrogen-bond donors (Lipinski definition) is 0. The zero-order valence-corrected chi connectivity index (χ0v) is 45.9. The molecule has 12 heteroatoms. The van der Waals surface area contributed by atoms with Crippen LogP contribution in [0.2, 0.25) is 0 Å². The predicted molar refractivity (Wildman–Crippen MR) is 323 cm³/mol. The first kappa shape index (κ1) is 47.6. The van der Waals surface area contributed by atoms with Gasteiger partial charge in [0.15, 0.2) is 5.69 Å². The largest absolute Gasteiger partial charge is 0.460 e. The van der Waals surface area contributed by atoms with E-state index in [9.17, 15) is 10.5 Å². The smallest absolute Gasteiger partial charge is 0.260 e. The van der Waals surface area contributed by atoms with Gasteiger partial charge in [0.2, 0.25) is 0 Å². The topological polar surface area (TPSA) is 95.3 Å². The van der Waals surface area contributed by atoms with Crippen molar-refractivity contribution in [1.29, 1.82) is 10.5 Å². The predicted octanol–water partition coefficient (Wildman–Crippen LogP) is 11.0. The Morgan fingerprint density at radius 1 is 0.438 bits per heavy atom. The van der Waals surface area contributed by atoms with Gasteiger partial charge in [0.1, 0.15) is 46.0 Å². The summed E-state index contributed by atoms with van der Waals surface area (Å²) in [5.41, 5.74) is 21.3. The van der Waals surface area contributed by atoms with Crippen molar-refractivity contribution in [2.75, 3.05) is 9.80 Å². The van der Waals surface area contributed by atoms with Crippen molar-refractivity contribution in [3.8, 4) is 58.1 Å². The van der Waals surface area contributed by atoms with Gasteiger partial charge in [-0.25, -0.2) is 4.85 Å². The molecular formula is C68H50B3N5O4. The molecule has 6 heterocycles. The zero-order valence-electron chi connectivity index (χ0n) is 45.9. The van der Waals surface area contributed by atoms with Crippen LogP contribution in [-0.4, -0.2) is 20.1 Å². The summed E-state index contributed by atoms with van der Waals surface area (Å²) in [6.45, 7) is 27.2. The lowest BCUT2D eigenvalue weighted by atomic mass is 9.29. The lowest BCUT2D eigenvalue weighted by Gasteiger charge is -2.44. The SMILES string of the molecule is [C-]#[N+]c1cc2c3c(c1)N(c1ccccc1)c1cc4c(cc1B3c1cc(C(C)(C)C)ccc1O2)B1c2cc3c(cc2N(c2c(C)cc(C)cc2C)c2cc(C#N)cc(c21)O4)Oc1cc(C#N)cc2c1B3c1cc(C(C)(C)C)ccc1O2. The molecule has 0 spiro atoms. The van der Waals surface area contributed by atoms with Gasteiger partial charge in [0.25, 0.3) is 20.1 Å². The van der Waals surface area contributed by atoms with Crippen molar-refractivity contribution < 1.29 is 18.9 Å². The van der Waals surface area contributed by atoms with Crippen molar-refractivity contribution in [3.63, 3.8) is 0 Å². The molecule has 0 saturated heterocycles. The highest BCUT2D eigenvalue weighted by atomic mass is 16.5. The van der Waals surface area contributed by atoms with E-state index in [0.29, 0.717) is 51.3 Å². The normalized spacial score (nSPS) is 14.1. The van der Waals surface area contributed by atoms with E-state index in [1.807, 2.05) is 54.6 Å². The lowest BCUT2D eigenvalue weighted by Crippen LogP contribution is -2.65. The van der Waals surface area contributed by atoms with Gasteiger partial charge in [-0.05, 0) is 158 Å². The van der Waals surface area contributed by atoms with Gasteiger partial charge in [0.05, 0.1) is 35.5 Å². The number of hydrogen-bond acceptors (Lipinski definition) is 8. The summed E-state index contributed by atoms with van der Waals surface area (Å²) >= 11 is 0. The molecule has 0 atom stereocenters. The van der Waals surface area contributed by atoms with E-state index in [4.69, 9.17) is 25.5 Å². The Morgan fingerprint density at radius 3 is 1.40 bits per heavy atom. The molecule has 15 rings (SSSR count). The average Bonchev–Trinajstić information content (AvgIpc) is 3.58. The van der Waals surface area contributed by atoms with E-state index in [2.05, 4.69) is 174 Å². The zero-order chi connectivity index (χ0) is 55.0. The quantitative estimate of drug-likeness (QED) is 0.125. The second-order valence-corrected chi connectivity index (χ2v) is 24.4. The third-order valence-corrected chi connectivity index (χ3v) is 17.2. The molecule has 9 nitrogen and oxygen atoms in total. The van der Waals surface area contributed by atoms with E-state index in [0.717, 1.165) is 111 Å². The first-order chi connectivity index (χ1) is 38.5. The summed E-state index contributed by atoms with van der Waals surface area (Å²) in [6, 6.07) is 53.3. The minimum Gasteiger partial charge on any atom is -0.460 e. The standard InChI is InChI=1S/C68H50B3N5O4/c1-36-20-37(2)66(38(3)21-36)76-52-33-58-50(71-48-27-42(68(7,8)9)17-19-56(48)77-60-24-40(35-73)25-61(80-58)65(60)71)31-46(52)70-49-30-45-51(32-57(49)79-59-23-39(34-72)22-53(76)63(59)70)75(44-14-12-11-13-15-44)54-28-43(74-10)29-62-64(54)69(45)47-26-41(67(4,5)6)16-18-55(47)78-62/h11-33H,1-9H3. The molecule has 9 aromatic carbocycles. The Hall–Kier alpha value is -9.56. The Morgan fingerprint density at radius 2 is 0.887 bits per heavy atom. The molecule has 0 N–H and O–H groups in total. The highest BCUT2D eigenvalue weighted by Crippen LogP contribution is 2.49. The summed E-state index contributed by atoms with van der Waals surface area (Å²) < 4.78 is 28.2. The van der Waals surface area contributed by atoms with Crippen LogP contribution in [0.5, 0.6) is 46.0 Å². The molecule has 0 radical (unpaired) electrons. The number of aryl methyl sites for hydroxylation is 3. The maximum absolute atomic E-state index is 10.9. The van der Waals surface area contributed by atoms with Crippen molar-refractivity contribution in [2.45, 2.75) is 73.1 Å². The first-order valence-corrected chi connectivity index (χ1v) is 27.3. The van der Waals surface area contributed by atoms with Gasteiger partial charge in [-0.2, -0.15) is 10.5 Å². The highest BCUT2D eigenvalue weighted by Gasteiger charge is 2.50. The lowest BCUT2D eigenvalue weighted by molar-refractivity contribution is 0.464. The van der Waals surface area contributed by atoms with Gasteiger partial charge in [0, 0.05) is 46.0 Å². The average molecular weight is 1030 g/mol. The van der Waals surface area contributed by atoms with Crippen molar-refractivity contribution in [3.05, 3.63) is 190 Å². The summed E-state index contributed by atoms with van der Waals surface area (Å²) in [6.07, 6.45) is 0. The molecule has 80 heavy (non-hydrogen) atoms. The number of para-hydroxylation sites is 1. The summed E-state index contributed by atoms with van der Waals surface area (Å²) in [5.74, 6) is 5.31. The number of anilines is 6. The van der Waals surface area contributed by atoms with Gasteiger partial charge >= 0.3 is 0 Å². The number of nitriles is 2. The molecule has 6 aliphatic heterocycles. The third kappa shape index (κ3) is 6.77. The van der Waals surface area contributed by atoms with Crippen molar-refractivity contribution in [1.82, 2.24) is 0 Å². The molecule has 0 bridgehead atoms. The van der Waals surface area contributed by atoms with Crippen LogP contribution in [-0.2, 0) is 10.8 Å². The van der Waals surface area contributed by atoms with Crippen LogP contribution >= 0.6 is 0 Å². The molecule has 0 fully saturated rings. The molecule has 0 amide bonds. The second-order valence-electron chi connectivity index (χ2n) is 24.4. The molecule has 0 unspecified atom stereocenters. The van der Waals surface area contributed by atoms with Crippen LogP contribution in [0.15, 0.2) is 140 Å². The summed E-state index contributed by atoms with van der Waals surface area (Å²) in [4.78, 5) is 8.57. The molecule has 0 saturated carbocycles. The van der Waals surface area contributed by atoms with E-state index >= 15 is 0 Å². The van der Waals surface area contributed by atoms with E-state index in [1.54, 1.807) is 0 Å². The number of benzene rings is 9. The van der Waals surface area contributed by atoms with E-state index in [1.165, 1.54) is 11.1 Å². The third-order valence-electron chi connectivity index (χ3n) is 17.2. The van der Waals surface area contributed by atoms with Crippen LogP contribution in [0.3, 0.4) is 0 Å². The number of rotatable bonds is 2. The molecular weight excluding hydrogens is 983 g/mol. The minimum atomic E-state index is -0.401. The van der Waals surface area contributed by atoms with E-state index < -0.39 is 6.71 Å². The van der Waals surface area contributed by atoms with Gasteiger partial charge in [-0.1, -0.05) is 114 Å². The number of fused-ring (bicyclic) bond motifs is 12. The van der Waals surface area contributed by atoms with Crippen LogP contribution in [0, 0.1) is 50.0 Å². The van der Waals surface area contributed by atoms with Gasteiger partial charge in [-0.15, -0.1) is 0 Å². The maximum atomic E-state index is 10.9. The fraction of sp³-hybridized carbons (Fsp3) is 0.162. The van der Waals surface area contributed by atoms with E-state index in [-0.39, 0.29) is 24.3 Å². The first-order valence-electron chi connectivity index (χ1n) is 27.3. The summed E-state index contributed by atoms with van der Waals surface area (Å²) in [5, 5.41) is 21.3. The van der Waals surface area contributed by atoms with Crippen LogP contribution in [0.1, 0.15) is 80.5 Å².